The summed E-state index contributed by atoms with van der Waals surface area (Å²) in [6.45, 7) is 4.64. The molecular weight excluding hydrogens is 604 g/mol. The third-order valence-corrected chi connectivity index (χ3v) is 10.3. The van der Waals surface area contributed by atoms with Gasteiger partial charge in [-0.3, -0.25) is 0 Å². The van der Waals surface area contributed by atoms with Crippen LogP contribution in [0.2, 0.25) is 0 Å². The number of hydrogen-bond acceptors (Lipinski definition) is 8. The summed E-state index contributed by atoms with van der Waals surface area (Å²) in [5.41, 5.74) is 9.37. The first-order valence-electron chi connectivity index (χ1n) is 17.0. The van der Waals surface area contributed by atoms with E-state index in [1.54, 1.807) is 18.2 Å². The van der Waals surface area contributed by atoms with E-state index in [1.165, 1.54) is 45.0 Å². The van der Waals surface area contributed by atoms with Crippen LogP contribution in [0, 0.1) is 0 Å². The van der Waals surface area contributed by atoms with Gasteiger partial charge in [0.2, 0.25) is 0 Å². The van der Waals surface area contributed by atoms with Crippen LogP contribution < -0.4 is 25.4 Å². The van der Waals surface area contributed by atoms with Crippen molar-refractivity contribution >= 4 is 0 Å². The topological polar surface area (TPSA) is 82.2 Å². The third-order valence-electron chi connectivity index (χ3n) is 10.3. The summed E-state index contributed by atoms with van der Waals surface area (Å²) >= 11 is 0. The van der Waals surface area contributed by atoms with Crippen LogP contribution in [0.3, 0.4) is 0 Å². The number of ether oxygens (including phenoxy) is 5. The largest absolute Gasteiger partial charge is 0.493 e. The van der Waals surface area contributed by atoms with Gasteiger partial charge in [0.15, 0.2) is 0 Å². The summed E-state index contributed by atoms with van der Waals surface area (Å²) in [6.07, 6.45) is 3.03. The van der Waals surface area contributed by atoms with E-state index < -0.39 is 18.6 Å². The van der Waals surface area contributed by atoms with E-state index >= 15 is 0 Å². The molecule has 3 N–H and O–H groups in total. The number of halogens is 2. The van der Waals surface area contributed by atoms with Crippen molar-refractivity contribution in [3.63, 3.8) is 0 Å². The molecule has 0 fully saturated rings. The predicted molar refractivity (Wildman–Crippen MR) is 173 cm³/mol. The Morgan fingerprint density at radius 2 is 1.57 bits per heavy atom. The van der Waals surface area contributed by atoms with Crippen LogP contribution in [-0.4, -0.2) is 65.8 Å². The average Bonchev–Trinajstić information content (AvgIpc) is 3.73. The van der Waals surface area contributed by atoms with E-state index in [0.29, 0.717) is 38.4 Å². The molecule has 5 aliphatic heterocycles. The second-order valence-corrected chi connectivity index (χ2v) is 13.2. The first-order chi connectivity index (χ1) is 23.0. The highest BCUT2D eigenvalue weighted by Crippen LogP contribution is 2.43. The molecule has 47 heavy (non-hydrogen) atoms. The Labute approximate surface area is 274 Å². The summed E-state index contributed by atoms with van der Waals surface area (Å²) in [7, 11) is 1.96. The molecule has 8 nitrogen and oxygen atoms in total. The summed E-state index contributed by atoms with van der Waals surface area (Å²) in [5.74, 6) is -1.03. The Hall–Kier alpha value is -3.12. The standard InChI is InChI=1S/C37H43F2N3O5/c1-40-18-32-34-22(8-11-44-32)6-7-23-14-25(47-36(23)34)17-42-20-33-35-26(9-12-45-33)24(15-30-28(35)10-13-43-30)16-41-19-31-27-4-2-3-5-29(27)37(38,39)21-46-31/h2-7,15,25,31-33,40-42H,8-14,16-21H2,1H3/t25?,31-,32+,33-/m0/s1. The van der Waals surface area contributed by atoms with Crippen LogP contribution in [-0.2, 0) is 52.4 Å². The molecule has 0 bridgehead atoms. The first-order valence-corrected chi connectivity index (χ1v) is 17.0. The maximum Gasteiger partial charge on any atom is 0.296 e. The first kappa shape index (κ1) is 31.2. The molecule has 3 aromatic rings. The monoisotopic (exact) mass is 647 g/mol. The van der Waals surface area contributed by atoms with Crippen molar-refractivity contribution in [3.8, 4) is 11.5 Å². The minimum absolute atomic E-state index is 0.0151. The molecule has 0 aromatic heterocycles. The molecule has 4 atom stereocenters. The van der Waals surface area contributed by atoms with Gasteiger partial charge < -0.3 is 39.6 Å². The second kappa shape index (κ2) is 13.1. The number of fused-ring (bicyclic) bond motifs is 7. The van der Waals surface area contributed by atoms with Gasteiger partial charge in [0.1, 0.15) is 24.2 Å². The second-order valence-electron chi connectivity index (χ2n) is 13.2. The van der Waals surface area contributed by atoms with Crippen molar-refractivity contribution < 1.29 is 32.5 Å². The van der Waals surface area contributed by atoms with E-state index in [0.717, 1.165) is 56.9 Å². The van der Waals surface area contributed by atoms with Crippen molar-refractivity contribution in [2.45, 2.75) is 62.6 Å². The van der Waals surface area contributed by atoms with Gasteiger partial charge in [-0.05, 0) is 59.3 Å². The maximum atomic E-state index is 14.5. The van der Waals surface area contributed by atoms with E-state index in [-0.39, 0.29) is 23.9 Å². The van der Waals surface area contributed by atoms with Crippen molar-refractivity contribution in [1.29, 1.82) is 0 Å². The Kier molecular flexibility index (Phi) is 8.66. The van der Waals surface area contributed by atoms with Crippen LogP contribution in [0.4, 0.5) is 8.78 Å². The molecule has 0 radical (unpaired) electrons. The number of benzene rings is 3. The maximum absolute atomic E-state index is 14.5. The molecule has 0 saturated carbocycles. The van der Waals surface area contributed by atoms with Crippen molar-refractivity contribution in [2.75, 3.05) is 59.7 Å². The van der Waals surface area contributed by atoms with Gasteiger partial charge in [-0.25, -0.2) is 0 Å². The van der Waals surface area contributed by atoms with Crippen LogP contribution in [0.1, 0.15) is 68.4 Å². The van der Waals surface area contributed by atoms with E-state index in [9.17, 15) is 8.78 Å². The lowest BCUT2D eigenvalue weighted by atomic mass is 9.87. The molecule has 0 spiro atoms. The predicted octanol–water partition coefficient (Wildman–Crippen LogP) is 4.61. The lowest BCUT2D eigenvalue weighted by Crippen LogP contribution is -2.36. The fourth-order valence-electron chi connectivity index (χ4n) is 8.09. The molecule has 0 saturated heterocycles. The highest BCUT2D eigenvalue weighted by atomic mass is 19.3. The van der Waals surface area contributed by atoms with Gasteiger partial charge >= 0.3 is 0 Å². The molecule has 3 aromatic carbocycles. The average molecular weight is 648 g/mol. The van der Waals surface area contributed by atoms with Crippen molar-refractivity contribution in [1.82, 2.24) is 16.0 Å². The molecule has 5 aliphatic rings. The lowest BCUT2D eigenvalue weighted by Gasteiger charge is -2.32. The van der Waals surface area contributed by atoms with Crippen LogP contribution in [0.5, 0.6) is 11.5 Å². The van der Waals surface area contributed by atoms with E-state index in [1.807, 2.05) is 7.05 Å². The lowest BCUT2D eigenvalue weighted by molar-refractivity contribution is -0.123. The van der Waals surface area contributed by atoms with Gasteiger partial charge in [-0.1, -0.05) is 36.4 Å². The minimum atomic E-state index is -2.97. The zero-order chi connectivity index (χ0) is 32.0. The summed E-state index contributed by atoms with van der Waals surface area (Å²) in [4.78, 5) is 0. The number of nitrogens with one attached hydrogen (secondary N) is 3. The summed E-state index contributed by atoms with van der Waals surface area (Å²) < 4.78 is 59.7. The number of hydrogen-bond donors (Lipinski definition) is 3. The highest BCUT2D eigenvalue weighted by molar-refractivity contribution is 5.54. The Balaban J connectivity index is 0.934. The Bertz CT molecular complexity index is 1630. The smallest absolute Gasteiger partial charge is 0.296 e. The molecule has 0 amide bonds. The SMILES string of the molecule is CNC[C@H]1OCCc2ccc3c(c21)OC(CNC[C@@H]1OCCc2c(CNC[C@@H]4OCC(F)(F)c5ccccc54)cc4c(c21)CCO4)C3. The number of rotatable bonds is 10. The number of alkyl halides is 2. The molecule has 10 heteroatoms. The van der Waals surface area contributed by atoms with Gasteiger partial charge in [0, 0.05) is 62.3 Å². The quantitative estimate of drug-likeness (QED) is 0.295. The molecule has 1 unspecified atom stereocenters. The third kappa shape index (κ3) is 5.94. The normalized spacial score (nSPS) is 25.2. The molecule has 250 valence electrons. The fourth-order valence-corrected chi connectivity index (χ4v) is 8.09. The number of likely N-dealkylation sites (N-methyl/N-ethyl adjacent to an activating group) is 1. The van der Waals surface area contributed by atoms with Gasteiger partial charge in [-0.15, -0.1) is 0 Å². The molecule has 5 heterocycles. The molecule has 8 rings (SSSR count). The van der Waals surface area contributed by atoms with E-state index in [4.69, 9.17) is 23.7 Å². The van der Waals surface area contributed by atoms with Crippen molar-refractivity contribution in [3.05, 3.63) is 92.5 Å². The Morgan fingerprint density at radius 3 is 2.47 bits per heavy atom. The Morgan fingerprint density at radius 1 is 0.787 bits per heavy atom. The van der Waals surface area contributed by atoms with E-state index in [2.05, 4.69) is 34.1 Å². The van der Waals surface area contributed by atoms with Gasteiger partial charge in [0.05, 0.1) is 38.1 Å². The fraction of sp³-hybridized carbons (Fsp3) is 0.514. The zero-order valence-corrected chi connectivity index (χ0v) is 26.8. The van der Waals surface area contributed by atoms with Crippen LogP contribution >= 0.6 is 0 Å². The minimum Gasteiger partial charge on any atom is -0.493 e. The van der Waals surface area contributed by atoms with Crippen LogP contribution in [0.15, 0.2) is 42.5 Å². The van der Waals surface area contributed by atoms with Gasteiger partial charge in [0.25, 0.3) is 5.92 Å². The summed E-state index contributed by atoms with van der Waals surface area (Å²) in [5, 5.41) is 10.4. The molecular formula is C37H43F2N3O5. The summed E-state index contributed by atoms with van der Waals surface area (Å²) in [6, 6.07) is 13.3. The molecule has 0 aliphatic carbocycles. The zero-order valence-electron chi connectivity index (χ0n) is 26.8. The van der Waals surface area contributed by atoms with Crippen molar-refractivity contribution in [2.24, 2.45) is 0 Å². The van der Waals surface area contributed by atoms with Crippen LogP contribution in [0.25, 0.3) is 0 Å². The van der Waals surface area contributed by atoms with Gasteiger partial charge in [-0.2, -0.15) is 8.78 Å². The highest BCUT2D eigenvalue weighted by Gasteiger charge is 2.41.